The summed E-state index contributed by atoms with van der Waals surface area (Å²) >= 11 is 0. The number of esters is 6. The molecular formula is C45H62N2O16. The van der Waals surface area contributed by atoms with Crippen LogP contribution in [0.25, 0.3) is 0 Å². The minimum absolute atomic E-state index is 0.243. The molecule has 0 aromatic rings. The van der Waals surface area contributed by atoms with Gasteiger partial charge in [0.2, 0.25) is 0 Å². The molecule has 0 aliphatic heterocycles. The number of carbonyl (C=O) groups is 8. The quantitative estimate of drug-likeness (QED) is 0.0611. The van der Waals surface area contributed by atoms with Crippen molar-refractivity contribution in [2.45, 2.75) is 57.8 Å². The zero-order valence-electron chi connectivity index (χ0n) is 36.0. The average molecular weight is 887 g/mol. The standard InChI is InChI=1S/C45H62N2O16/c1-7-36(48)56-24-44(25-57-37(49)8-2,26-58-38(50)9-3)30-62-42(54)46-22-34-17-13-32(14-18-34)21-33-15-19-35(20-16-33)23-47-43(55)63-31-45(27-59-39(51)10-4,28-60-40(52)11-5)29-61-41(53)12-6/h7-12,32-35H,1-6,13-31H2,(H,46,54)(H,47,55). The van der Waals surface area contributed by atoms with Gasteiger partial charge in [-0.05, 0) is 55.8 Å². The first-order valence-corrected chi connectivity index (χ1v) is 20.7. The molecule has 2 N–H and O–H groups in total. The summed E-state index contributed by atoms with van der Waals surface area (Å²) in [5.74, 6) is -3.09. The van der Waals surface area contributed by atoms with E-state index in [-0.39, 0.29) is 11.8 Å². The van der Waals surface area contributed by atoms with E-state index < -0.39 is 112 Å². The fourth-order valence-corrected chi connectivity index (χ4v) is 7.01. The third kappa shape index (κ3) is 21.0. The van der Waals surface area contributed by atoms with Crippen LogP contribution >= 0.6 is 0 Å². The smallest absolute Gasteiger partial charge is 0.407 e. The highest BCUT2D eigenvalue weighted by Crippen LogP contribution is 2.38. The van der Waals surface area contributed by atoms with E-state index in [0.29, 0.717) is 24.9 Å². The molecule has 0 radical (unpaired) electrons. The molecule has 0 aromatic carbocycles. The van der Waals surface area contributed by atoms with Gasteiger partial charge in [-0.2, -0.15) is 0 Å². The van der Waals surface area contributed by atoms with Gasteiger partial charge in [0.25, 0.3) is 0 Å². The van der Waals surface area contributed by atoms with Crippen LogP contribution in [-0.2, 0) is 66.7 Å². The van der Waals surface area contributed by atoms with Crippen molar-refractivity contribution in [3.8, 4) is 0 Å². The van der Waals surface area contributed by atoms with Crippen molar-refractivity contribution in [1.82, 2.24) is 10.6 Å². The molecule has 18 heteroatoms. The zero-order valence-corrected chi connectivity index (χ0v) is 36.0. The maximum atomic E-state index is 12.8. The van der Waals surface area contributed by atoms with E-state index in [1.807, 2.05) is 0 Å². The number of alkyl carbamates (subject to hydrolysis) is 2. The second-order valence-corrected chi connectivity index (χ2v) is 15.8. The SMILES string of the molecule is C=CC(=O)OCC(COC(=O)C=C)(COC(=O)C=C)COC(=O)NCC1CCC(CC2CCC(CNC(=O)OCC(COC(=O)C=C)(COC(=O)C=C)COC(=O)C=C)CC2)CC1. The first kappa shape index (κ1) is 52.9. The second kappa shape index (κ2) is 28.4. The third-order valence-corrected chi connectivity index (χ3v) is 10.8. The minimum Gasteiger partial charge on any atom is -0.462 e. The van der Waals surface area contributed by atoms with Crippen molar-refractivity contribution in [3.63, 3.8) is 0 Å². The maximum absolute atomic E-state index is 12.8. The molecular weight excluding hydrogens is 824 g/mol. The fraction of sp³-hybridized carbons (Fsp3) is 0.556. The molecule has 0 bridgehead atoms. The Morgan fingerprint density at radius 1 is 0.365 bits per heavy atom. The first-order valence-electron chi connectivity index (χ1n) is 20.7. The van der Waals surface area contributed by atoms with E-state index in [4.69, 9.17) is 37.9 Å². The van der Waals surface area contributed by atoms with Gasteiger partial charge >= 0.3 is 48.0 Å². The molecule has 2 aliphatic carbocycles. The second-order valence-electron chi connectivity index (χ2n) is 15.8. The lowest BCUT2D eigenvalue weighted by Crippen LogP contribution is -2.45. The molecule has 2 fully saturated rings. The van der Waals surface area contributed by atoms with Gasteiger partial charge in [-0.3, -0.25) is 0 Å². The topological polar surface area (TPSA) is 234 Å². The highest BCUT2D eigenvalue weighted by molar-refractivity contribution is 5.83. The zero-order chi connectivity index (χ0) is 46.7. The van der Waals surface area contributed by atoms with Crippen molar-refractivity contribution >= 4 is 48.0 Å². The van der Waals surface area contributed by atoms with Crippen LogP contribution in [0, 0.1) is 34.5 Å². The van der Waals surface area contributed by atoms with Crippen LogP contribution < -0.4 is 10.6 Å². The predicted molar refractivity (Wildman–Crippen MR) is 226 cm³/mol. The van der Waals surface area contributed by atoms with Crippen molar-refractivity contribution in [1.29, 1.82) is 0 Å². The van der Waals surface area contributed by atoms with E-state index in [2.05, 4.69) is 50.1 Å². The molecule has 0 spiro atoms. The number of rotatable bonds is 28. The first-order chi connectivity index (χ1) is 30.1. The molecule has 0 aromatic heterocycles. The summed E-state index contributed by atoms with van der Waals surface area (Å²) in [7, 11) is 0. The van der Waals surface area contributed by atoms with Crippen LogP contribution in [-0.4, -0.2) is 114 Å². The molecule has 2 saturated carbocycles. The van der Waals surface area contributed by atoms with E-state index in [1.54, 1.807) is 0 Å². The lowest BCUT2D eigenvalue weighted by Gasteiger charge is -2.34. The van der Waals surface area contributed by atoms with Gasteiger partial charge in [-0.25, -0.2) is 38.4 Å². The molecule has 18 nitrogen and oxygen atoms in total. The number of ether oxygens (including phenoxy) is 8. The van der Waals surface area contributed by atoms with Crippen molar-refractivity contribution in [2.75, 3.05) is 65.9 Å². The summed E-state index contributed by atoms with van der Waals surface area (Å²) in [4.78, 5) is 96.6. The Hall–Kier alpha value is -6.20. The van der Waals surface area contributed by atoms with Gasteiger partial charge in [0.05, 0.1) is 0 Å². The number of hydrogen-bond donors (Lipinski definition) is 2. The molecule has 0 atom stereocenters. The molecule has 0 saturated heterocycles. The highest BCUT2D eigenvalue weighted by Gasteiger charge is 2.39. The Labute approximate surface area is 368 Å². The Balaban J connectivity index is 1.81. The number of carbonyl (C=O) groups excluding carboxylic acids is 8. The Bertz CT molecular complexity index is 1400. The van der Waals surface area contributed by atoms with Gasteiger partial charge in [0.15, 0.2) is 0 Å². The molecule has 63 heavy (non-hydrogen) atoms. The predicted octanol–water partition coefficient (Wildman–Crippen LogP) is 4.79. The largest absolute Gasteiger partial charge is 0.462 e. The summed E-state index contributed by atoms with van der Waals surface area (Å²) in [5.41, 5.74) is -2.85. The number of hydrogen-bond acceptors (Lipinski definition) is 16. The lowest BCUT2D eigenvalue weighted by atomic mass is 9.73. The molecule has 348 valence electrons. The normalized spacial score (nSPS) is 18.3. The fourth-order valence-electron chi connectivity index (χ4n) is 7.01. The average Bonchev–Trinajstić information content (AvgIpc) is 3.31. The molecule has 2 rings (SSSR count). The van der Waals surface area contributed by atoms with Gasteiger partial charge in [0.1, 0.15) is 63.7 Å². The molecule has 2 aliphatic rings. The Morgan fingerprint density at radius 3 is 0.794 bits per heavy atom. The number of nitrogens with one attached hydrogen (secondary N) is 2. The van der Waals surface area contributed by atoms with E-state index in [9.17, 15) is 38.4 Å². The monoisotopic (exact) mass is 886 g/mol. The lowest BCUT2D eigenvalue weighted by molar-refractivity contribution is -0.161. The van der Waals surface area contributed by atoms with Crippen LogP contribution in [0.15, 0.2) is 75.9 Å². The van der Waals surface area contributed by atoms with E-state index in [1.165, 1.54) is 0 Å². The summed E-state index contributed by atoms with van der Waals surface area (Å²) in [6.07, 6.45) is 13.0. The summed E-state index contributed by atoms with van der Waals surface area (Å²) in [6.45, 7) is 17.5. The van der Waals surface area contributed by atoms with Crippen LogP contribution in [0.2, 0.25) is 0 Å². The molecule has 0 heterocycles. The molecule has 2 amide bonds. The van der Waals surface area contributed by atoms with Crippen LogP contribution in [0.5, 0.6) is 0 Å². The molecule has 0 unspecified atom stereocenters. The van der Waals surface area contributed by atoms with Gasteiger partial charge in [-0.15, -0.1) is 0 Å². The summed E-state index contributed by atoms with van der Waals surface area (Å²) < 4.78 is 41.9. The third-order valence-electron chi connectivity index (χ3n) is 10.8. The Morgan fingerprint density at radius 2 is 0.571 bits per heavy atom. The van der Waals surface area contributed by atoms with Crippen molar-refractivity contribution in [2.24, 2.45) is 34.5 Å². The summed E-state index contributed by atoms with van der Waals surface area (Å²) in [5, 5.41) is 5.58. The van der Waals surface area contributed by atoms with E-state index >= 15 is 0 Å². The number of amides is 2. The van der Waals surface area contributed by atoms with Gasteiger partial charge < -0.3 is 48.5 Å². The highest BCUT2D eigenvalue weighted by atomic mass is 16.6. The summed E-state index contributed by atoms with van der Waals surface area (Å²) in [6, 6.07) is 0. The Kier molecular flexibility index (Phi) is 23.9. The maximum Gasteiger partial charge on any atom is 0.407 e. The van der Waals surface area contributed by atoms with Gasteiger partial charge in [0, 0.05) is 49.5 Å². The van der Waals surface area contributed by atoms with E-state index in [0.717, 1.165) is 94.2 Å². The van der Waals surface area contributed by atoms with Crippen LogP contribution in [0.4, 0.5) is 9.59 Å². The van der Waals surface area contributed by atoms with Crippen molar-refractivity contribution in [3.05, 3.63) is 75.9 Å². The van der Waals surface area contributed by atoms with Crippen molar-refractivity contribution < 1.29 is 76.3 Å². The van der Waals surface area contributed by atoms with Gasteiger partial charge in [-0.1, -0.05) is 65.2 Å². The van der Waals surface area contributed by atoms with Crippen LogP contribution in [0.3, 0.4) is 0 Å². The minimum atomic E-state index is -1.43. The van der Waals surface area contributed by atoms with Crippen LogP contribution in [0.1, 0.15) is 57.8 Å².